The van der Waals surface area contributed by atoms with E-state index in [0.717, 1.165) is 12.2 Å². The number of carbonyl (C=O) groups excluding carboxylic acids is 1. The van der Waals surface area contributed by atoms with E-state index in [1.807, 2.05) is 0 Å². The van der Waals surface area contributed by atoms with E-state index in [-0.39, 0.29) is 23.8 Å². The summed E-state index contributed by atoms with van der Waals surface area (Å²) in [6, 6.07) is -0.225. The third-order valence-corrected chi connectivity index (χ3v) is 5.85. The monoisotopic (exact) mass is 322 g/mol. The number of thioether (sulfide) groups is 1. The molecule has 0 aromatic rings. The highest BCUT2D eigenvalue weighted by molar-refractivity contribution is 8.00. The highest BCUT2D eigenvalue weighted by atomic mass is 32.2. The molecule has 5 nitrogen and oxygen atoms in total. The lowest BCUT2D eigenvalue weighted by molar-refractivity contribution is -0.132. The molecule has 1 heterocycles. The van der Waals surface area contributed by atoms with E-state index in [1.165, 1.54) is 11.2 Å². The Balaban J connectivity index is 2.69. The molecule has 0 aromatic heterocycles. The van der Waals surface area contributed by atoms with E-state index in [4.69, 9.17) is 5.73 Å². The van der Waals surface area contributed by atoms with Crippen LogP contribution < -0.4 is 5.73 Å². The van der Waals surface area contributed by atoms with E-state index in [1.54, 1.807) is 11.8 Å². The Hall–Kier alpha value is -0.270. The minimum absolute atomic E-state index is 0.0632. The molecule has 0 aromatic carbocycles. The molecule has 1 fully saturated rings. The quantitative estimate of drug-likeness (QED) is 0.838. The van der Waals surface area contributed by atoms with Crippen LogP contribution >= 0.6 is 11.8 Å². The largest absolute Gasteiger partial charge is 0.327 e. The molecule has 1 rings (SSSR count). The summed E-state index contributed by atoms with van der Waals surface area (Å²) < 4.78 is 23.6. The van der Waals surface area contributed by atoms with Crippen LogP contribution in [0.1, 0.15) is 33.6 Å². The van der Waals surface area contributed by atoms with Gasteiger partial charge in [-0.05, 0) is 11.8 Å². The van der Waals surface area contributed by atoms with Crippen LogP contribution in [0.25, 0.3) is 0 Å². The standard InChI is InChI=1S/C13H26N2O3S2/c1-13(2,3)8-10(14)7-11(16)15-5-6-19-9-12(15)20(4,17)18/h10,12H,5-9,14H2,1-4H3. The number of rotatable bonds is 4. The average molecular weight is 322 g/mol. The predicted octanol–water partition coefficient (Wildman–Crippen LogP) is 1.09. The summed E-state index contributed by atoms with van der Waals surface area (Å²) in [5, 5.41) is -0.699. The molecule has 1 aliphatic rings. The highest BCUT2D eigenvalue weighted by Gasteiger charge is 2.34. The molecular formula is C13H26N2O3S2. The number of hydrogen-bond acceptors (Lipinski definition) is 5. The maximum Gasteiger partial charge on any atom is 0.225 e. The minimum atomic E-state index is -3.25. The van der Waals surface area contributed by atoms with Gasteiger partial charge in [-0.1, -0.05) is 20.8 Å². The SMILES string of the molecule is CC(C)(C)CC(N)CC(=O)N1CCSCC1S(C)(=O)=O. The fourth-order valence-corrected chi connectivity index (χ4v) is 5.26. The zero-order chi connectivity index (χ0) is 15.6. The first-order valence-corrected chi connectivity index (χ1v) is 9.93. The van der Waals surface area contributed by atoms with Crippen LogP contribution in [0.15, 0.2) is 0 Å². The first-order chi connectivity index (χ1) is 9.00. The summed E-state index contributed by atoms with van der Waals surface area (Å²) in [5.41, 5.74) is 6.08. The fraction of sp³-hybridized carbons (Fsp3) is 0.923. The summed E-state index contributed by atoms with van der Waals surface area (Å²) >= 11 is 1.58. The van der Waals surface area contributed by atoms with Crippen molar-refractivity contribution < 1.29 is 13.2 Å². The minimum Gasteiger partial charge on any atom is -0.327 e. The van der Waals surface area contributed by atoms with Crippen LogP contribution in [0.3, 0.4) is 0 Å². The van der Waals surface area contributed by atoms with E-state index in [9.17, 15) is 13.2 Å². The van der Waals surface area contributed by atoms with Gasteiger partial charge in [0.2, 0.25) is 5.91 Å². The van der Waals surface area contributed by atoms with Gasteiger partial charge in [-0.2, -0.15) is 11.8 Å². The molecular weight excluding hydrogens is 296 g/mol. The topological polar surface area (TPSA) is 80.5 Å². The third kappa shape index (κ3) is 5.61. The zero-order valence-electron chi connectivity index (χ0n) is 12.8. The third-order valence-electron chi connectivity index (χ3n) is 3.21. The molecule has 0 saturated carbocycles. The predicted molar refractivity (Wildman–Crippen MR) is 84.3 cm³/mol. The molecule has 0 aliphatic carbocycles. The Bertz CT molecular complexity index is 443. The zero-order valence-corrected chi connectivity index (χ0v) is 14.4. The van der Waals surface area contributed by atoms with Crippen LogP contribution in [-0.4, -0.2) is 54.9 Å². The Morgan fingerprint density at radius 1 is 1.45 bits per heavy atom. The Morgan fingerprint density at radius 3 is 2.55 bits per heavy atom. The van der Waals surface area contributed by atoms with Gasteiger partial charge in [0.05, 0.1) is 0 Å². The van der Waals surface area contributed by atoms with Crippen LogP contribution in [0.2, 0.25) is 0 Å². The molecule has 1 saturated heterocycles. The normalized spacial score (nSPS) is 22.6. The number of sulfone groups is 1. The van der Waals surface area contributed by atoms with Gasteiger partial charge >= 0.3 is 0 Å². The van der Waals surface area contributed by atoms with Crippen molar-refractivity contribution in [3.8, 4) is 0 Å². The number of nitrogens with two attached hydrogens (primary N) is 1. The van der Waals surface area contributed by atoms with Crippen molar-refractivity contribution in [3.05, 3.63) is 0 Å². The van der Waals surface area contributed by atoms with Crippen molar-refractivity contribution in [2.24, 2.45) is 11.1 Å². The van der Waals surface area contributed by atoms with Gasteiger partial charge in [0.25, 0.3) is 0 Å². The molecule has 2 N–H and O–H groups in total. The lowest BCUT2D eigenvalue weighted by Crippen LogP contribution is -2.51. The maximum absolute atomic E-state index is 12.3. The second kappa shape index (κ2) is 6.66. The van der Waals surface area contributed by atoms with Crippen LogP contribution in [-0.2, 0) is 14.6 Å². The molecule has 1 aliphatic heterocycles. The summed E-state index contributed by atoms with van der Waals surface area (Å²) in [7, 11) is -3.25. The van der Waals surface area contributed by atoms with Gasteiger partial charge in [-0.15, -0.1) is 0 Å². The second-order valence-corrected chi connectivity index (χ2v) is 10.0. The first-order valence-electron chi connectivity index (χ1n) is 6.82. The van der Waals surface area contributed by atoms with Gasteiger partial charge in [-0.3, -0.25) is 4.79 Å². The van der Waals surface area contributed by atoms with Gasteiger partial charge < -0.3 is 10.6 Å². The Kier molecular flexibility index (Phi) is 5.92. The van der Waals surface area contributed by atoms with E-state index < -0.39 is 15.2 Å². The number of amides is 1. The molecule has 0 bridgehead atoms. The average Bonchev–Trinajstić information content (AvgIpc) is 2.25. The molecule has 7 heteroatoms. The molecule has 1 amide bonds. The molecule has 0 radical (unpaired) electrons. The van der Waals surface area contributed by atoms with Crippen molar-refractivity contribution in [3.63, 3.8) is 0 Å². The Morgan fingerprint density at radius 2 is 2.05 bits per heavy atom. The van der Waals surface area contributed by atoms with Crippen molar-refractivity contribution >= 4 is 27.5 Å². The second-order valence-electron chi connectivity index (χ2n) is 6.68. The summed E-state index contributed by atoms with van der Waals surface area (Å²) in [6.07, 6.45) is 2.15. The summed E-state index contributed by atoms with van der Waals surface area (Å²) in [4.78, 5) is 13.8. The first kappa shape index (κ1) is 17.8. The van der Waals surface area contributed by atoms with Crippen molar-refractivity contribution in [2.75, 3.05) is 24.3 Å². The van der Waals surface area contributed by atoms with Crippen molar-refractivity contribution in [1.82, 2.24) is 4.90 Å². The van der Waals surface area contributed by atoms with Crippen LogP contribution in [0.4, 0.5) is 0 Å². The van der Waals surface area contributed by atoms with Gasteiger partial charge in [0.1, 0.15) is 5.37 Å². The number of carbonyl (C=O) groups is 1. The van der Waals surface area contributed by atoms with E-state index >= 15 is 0 Å². The maximum atomic E-state index is 12.3. The summed E-state index contributed by atoms with van der Waals surface area (Å²) in [6.45, 7) is 6.72. The van der Waals surface area contributed by atoms with E-state index in [0.29, 0.717) is 12.3 Å². The molecule has 2 unspecified atom stereocenters. The molecule has 0 spiro atoms. The molecule has 118 valence electrons. The van der Waals surface area contributed by atoms with Gasteiger partial charge in [0, 0.05) is 36.8 Å². The number of nitrogens with zero attached hydrogens (tertiary/aromatic N) is 1. The lowest BCUT2D eigenvalue weighted by Gasteiger charge is -2.35. The lowest BCUT2D eigenvalue weighted by atomic mass is 9.87. The fourth-order valence-electron chi connectivity index (χ4n) is 2.42. The van der Waals surface area contributed by atoms with Crippen LogP contribution in [0, 0.1) is 5.41 Å². The number of hydrogen-bond donors (Lipinski definition) is 1. The van der Waals surface area contributed by atoms with Crippen molar-refractivity contribution in [2.45, 2.75) is 45.0 Å². The van der Waals surface area contributed by atoms with Crippen LogP contribution in [0.5, 0.6) is 0 Å². The smallest absolute Gasteiger partial charge is 0.225 e. The molecule has 20 heavy (non-hydrogen) atoms. The summed E-state index contributed by atoms with van der Waals surface area (Å²) in [5.74, 6) is 1.10. The van der Waals surface area contributed by atoms with E-state index in [2.05, 4.69) is 20.8 Å². The molecule has 2 atom stereocenters. The van der Waals surface area contributed by atoms with Crippen molar-refractivity contribution in [1.29, 1.82) is 0 Å². The Labute approximate surface area is 126 Å². The highest BCUT2D eigenvalue weighted by Crippen LogP contribution is 2.24. The van der Waals surface area contributed by atoms with Gasteiger partial charge in [-0.25, -0.2) is 8.42 Å². The van der Waals surface area contributed by atoms with Gasteiger partial charge in [0.15, 0.2) is 9.84 Å².